The van der Waals surface area contributed by atoms with Crippen molar-refractivity contribution in [2.75, 3.05) is 31.2 Å². The Hall–Kier alpha value is -1.55. The van der Waals surface area contributed by atoms with E-state index in [1.165, 1.54) is 0 Å². The van der Waals surface area contributed by atoms with Gasteiger partial charge in [0, 0.05) is 11.4 Å². The minimum absolute atomic E-state index is 0.0157. The average molecular weight is 221 g/mol. The van der Waals surface area contributed by atoms with Crippen LogP contribution in [0.4, 0.5) is 11.4 Å². The number of carbonyl (C=O) groups is 1. The van der Waals surface area contributed by atoms with Crippen molar-refractivity contribution < 1.29 is 4.79 Å². The molecule has 4 heteroatoms. The Kier molecular flexibility index (Phi) is 4.31. The van der Waals surface area contributed by atoms with Gasteiger partial charge in [0.1, 0.15) is 0 Å². The van der Waals surface area contributed by atoms with Gasteiger partial charge in [-0.05, 0) is 38.2 Å². The first-order chi connectivity index (χ1) is 7.54. The summed E-state index contributed by atoms with van der Waals surface area (Å²) in [7, 11) is 1.91. The van der Waals surface area contributed by atoms with Gasteiger partial charge in [-0.1, -0.05) is 13.0 Å². The Morgan fingerprint density at radius 1 is 1.50 bits per heavy atom. The Balaban J connectivity index is 2.66. The monoisotopic (exact) mass is 221 g/mol. The number of nitrogens with zero attached hydrogens (tertiary/aromatic N) is 1. The van der Waals surface area contributed by atoms with Crippen LogP contribution in [0.1, 0.15) is 12.5 Å². The maximum Gasteiger partial charge on any atom is 0.238 e. The van der Waals surface area contributed by atoms with E-state index in [1.54, 1.807) is 0 Å². The molecule has 0 radical (unpaired) electrons. The first-order valence-electron chi connectivity index (χ1n) is 5.38. The van der Waals surface area contributed by atoms with Crippen molar-refractivity contribution in [3.05, 3.63) is 23.8 Å². The van der Waals surface area contributed by atoms with E-state index in [0.717, 1.165) is 17.8 Å². The van der Waals surface area contributed by atoms with Crippen LogP contribution < -0.4 is 11.1 Å². The molecule has 0 aliphatic carbocycles. The fraction of sp³-hybridized carbons (Fsp3) is 0.417. The number of nitrogen functional groups attached to an aromatic ring is 1. The van der Waals surface area contributed by atoms with Gasteiger partial charge in [-0.25, -0.2) is 0 Å². The van der Waals surface area contributed by atoms with Crippen LogP contribution in [0.25, 0.3) is 0 Å². The summed E-state index contributed by atoms with van der Waals surface area (Å²) in [6.07, 6.45) is 0. The van der Waals surface area contributed by atoms with Crippen molar-refractivity contribution in [2.45, 2.75) is 13.8 Å². The molecule has 1 aromatic rings. The second kappa shape index (κ2) is 5.51. The largest absolute Gasteiger partial charge is 0.398 e. The Bertz CT molecular complexity index is 377. The zero-order valence-corrected chi connectivity index (χ0v) is 10.1. The molecule has 0 bridgehead atoms. The number of hydrogen-bond donors (Lipinski definition) is 2. The summed E-state index contributed by atoms with van der Waals surface area (Å²) in [4.78, 5) is 13.6. The zero-order valence-electron chi connectivity index (χ0n) is 10.1. The van der Waals surface area contributed by atoms with Crippen LogP contribution in [0.15, 0.2) is 18.2 Å². The number of rotatable bonds is 4. The topological polar surface area (TPSA) is 58.4 Å². The fourth-order valence-corrected chi connectivity index (χ4v) is 1.34. The summed E-state index contributed by atoms with van der Waals surface area (Å²) in [5.74, 6) is -0.0157. The lowest BCUT2D eigenvalue weighted by atomic mass is 10.1. The molecular formula is C12H19N3O. The second-order valence-corrected chi connectivity index (χ2v) is 3.90. The van der Waals surface area contributed by atoms with Crippen LogP contribution in [-0.2, 0) is 4.79 Å². The van der Waals surface area contributed by atoms with Gasteiger partial charge in [-0.2, -0.15) is 0 Å². The van der Waals surface area contributed by atoms with Crippen molar-refractivity contribution in [1.29, 1.82) is 0 Å². The summed E-state index contributed by atoms with van der Waals surface area (Å²) in [5.41, 5.74) is 8.16. The lowest BCUT2D eigenvalue weighted by molar-refractivity contribution is -0.117. The highest BCUT2D eigenvalue weighted by Crippen LogP contribution is 2.20. The molecule has 4 nitrogen and oxygen atoms in total. The van der Waals surface area contributed by atoms with Crippen LogP contribution in [-0.4, -0.2) is 30.9 Å². The third-order valence-corrected chi connectivity index (χ3v) is 2.60. The van der Waals surface area contributed by atoms with E-state index < -0.39 is 0 Å². The van der Waals surface area contributed by atoms with E-state index in [-0.39, 0.29) is 5.91 Å². The van der Waals surface area contributed by atoms with Gasteiger partial charge < -0.3 is 11.1 Å². The molecule has 0 saturated heterocycles. The van der Waals surface area contributed by atoms with Crippen molar-refractivity contribution in [2.24, 2.45) is 0 Å². The fourth-order valence-electron chi connectivity index (χ4n) is 1.34. The smallest absolute Gasteiger partial charge is 0.238 e. The number of nitrogens with two attached hydrogens (primary N) is 1. The predicted molar refractivity (Wildman–Crippen MR) is 67.4 cm³/mol. The number of amides is 1. The first-order valence-corrected chi connectivity index (χ1v) is 5.38. The van der Waals surface area contributed by atoms with Gasteiger partial charge in [0.2, 0.25) is 5.91 Å². The molecule has 0 fully saturated rings. The minimum atomic E-state index is -0.0157. The molecule has 0 atom stereocenters. The molecule has 0 heterocycles. The summed E-state index contributed by atoms with van der Waals surface area (Å²) < 4.78 is 0. The molecule has 0 aliphatic rings. The van der Waals surface area contributed by atoms with Gasteiger partial charge in [0.15, 0.2) is 0 Å². The highest BCUT2D eigenvalue weighted by Gasteiger charge is 2.07. The number of anilines is 2. The molecule has 16 heavy (non-hydrogen) atoms. The van der Waals surface area contributed by atoms with E-state index in [1.807, 2.05) is 44.0 Å². The maximum atomic E-state index is 11.7. The lowest BCUT2D eigenvalue weighted by Crippen LogP contribution is -2.30. The van der Waals surface area contributed by atoms with Crippen LogP contribution >= 0.6 is 0 Å². The van der Waals surface area contributed by atoms with Crippen LogP contribution in [0, 0.1) is 6.92 Å². The molecule has 1 amide bonds. The van der Waals surface area contributed by atoms with Gasteiger partial charge in [0.05, 0.1) is 6.54 Å². The van der Waals surface area contributed by atoms with E-state index in [2.05, 4.69) is 5.32 Å². The van der Waals surface area contributed by atoms with Crippen LogP contribution in [0.5, 0.6) is 0 Å². The number of likely N-dealkylation sites (N-methyl/N-ethyl adjacent to an activating group) is 1. The molecule has 0 aromatic heterocycles. The Morgan fingerprint density at radius 3 is 2.81 bits per heavy atom. The van der Waals surface area contributed by atoms with E-state index in [9.17, 15) is 4.79 Å². The molecule has 1 rings (SSSR count). The molecule has 0 saturated carbocycles. The maximum absolute atomic E-state index is 11.7. The molecule has 1 aromatic carbocycles. The summed E-state index contributed by atoms with van der Waals surface area (Å²) in [5, 5.41) is 2.86. The summed E-state index contributed by atoms with van der Waals surface area (Å²) in [6.45, 7) is 5.15. The van der Waals surface area contributed by atoms with Gasteiger partial charge in [0.25, 0.3) is 0 Å². The molecule has 0 aliphatic heterocycles. The van der Waals surface area contributed by atoms with Crippen molar-refractivity contribution >= 4 is 17.3 Å². The molecule has 3 N–H and O–H groups in total. The predicted octanol–water partition coefficient (Wildman–Crippen LogP) is 1.47. The lowest BCUT2D eigenvalue weighted by Gasteiger charge is -2.15. The van der Waals surface area contributed by atoms with Gasteiger partial charge in [-0.3, -0.25) is 9.69 Å². The number of carbonyl (C=O) groups excluding carboxylic acids is 1. The quantitative estimate of drug-likeness (QED) is 0.757. The van der Waals surface area contributed by atoms with E-state index in [4.69, 9.17) is 5.73 Å². The molecule has 0 unspecified atom stereocenters. The van der Waals surface area contributed by atoms with Crippen molar-refractivity contribution in [3.63, 3.8) is 0 Å². The first kappa shape index (κ1) is 12.5. The standard InChI is InChI=1S/C12H19N3O/c1-4-15(3)8-12(16)14-11-7-5-6-10(13)9(11)2/h5-7H,4,8,13H2,1-3H3,(H,14,16). The zero-order chi connectivity index (χ0) is 12.1. The average Bonchev–Trinajstić information content (AvgIpc) is 2.24. The van der Waals surface area contributed by atoms with E-state index >= 15 is 0 Å². The van der Waals surface area contributed by atoms with Crippen molar-refractivity contribution in [1.82, 2.24) is 4.90 Å². The minimum Gasteiger partial charge on any atom is -0.398 e. The highest BCUT2D eigenvalue weighted by atomic mass is 16.2. The van der Waals surface area contributed by atoms with Crippen LogP contribution in [0.2, 0.25) is 0 Å². The molecular weight excluding hydrogens is 202 g/mol. The van der Waals surface area contributed by atoms with E-state index in [0.29, 0.717) is 12.2 Å². The summed E-state index contributed by atoms with van der Waals surface area (Å²) in [6, 6.07) is 5.51. The Labute approximate surface area is 96.4 Å². The van der Waals surface area contributed by atoms with Gasteiger partial charge >= 0.3 is 0 Å². The number of hydrogen-bond acceptors (Lipinski definition) is 3. The normalized spacial score (nSPS) is 10.5. The van der Waals surface area contributed by atoms with Crippen molar-refractivity contribution in [3.8, 4) is 0 Å². The third kappa shape index (κ3) is 3.24. The summed E-state index contributed by atoms with van der Waals surface area (Å²) >= 11 is 0. The molecule has 0 spiro atoms. The van der Waals surface area contributed by atoms with Crippen LogP contribution in [0.3, 0.4) is 0 Å². The highest BCUT2D eigenvalue weighted by molar-refractivity contribution is 5.93. The molecule has 88 valence electrons. The number of benzene rings is 1. The second-order valence-electron chi connectivity index (χ2n) is 3.90. The van der Waals surface area contributed by atoms with Gasteiger partial charge in [-0.15, -0.1) is 0 Å². The third-order valence-electron chi connectivity index (χ3n) is 2.60. The number of nitrogens with one attached hydrogen (secondary N) is 1. The SMILES string of the molecule is CCN(C)CC(=O)Nc1cccc(N)c1C. The Morgan fingerprint density at radius 2 is 2.19 bits per heavy atom.